The highest BCUT2D eigenvalue weighted by atomic mass is 16.5. The van der Waals surface area contributed by atoms with Gasteiger partial charge in [-0.1, -0.05) is 49.0 Å². The number of nitrogens with zero attached hydrogens (tertiary/aromatic N) is 2. The number of rotatable bonds is 4. The maximum absolute atomic E-state index is 6.48. The average Bonchev–Trinajstić information content (AvgIpc) is 2.89. The summed E-state index contributed by atoms with van der Waals surface area (Å²) in [5.41, 5.74) is 6.04. The van der Waals surface area contributed by atoms with Gasteiger partial charge in [-0.15, -0.1) is 0 Å². The molecule has 3 rings (SSSR count). The molecule has 1 fully saturated rings. The first kappa shape index (κ1) is 14.1. The Hall–Kier alpha value is -1.88. The van der Waals surface area contributed by atoms with Crippen LogP contribution in [0.15, 0.2) is 34.9 Å². The van der Waals surface area contributed by atoms with Gasteiger partial charge in [0.2, 0.25) is 0 Å². The van der Waals surface area contributed by atoms with Crippen LogP contribution in [0.1, 0.15) is 50.2 Å². The van der Waals surface area contributed by atoms with E-state index in [0.29, 0.717) is 11.7 Å². The zero-order valence-corrected chi connectivity index (χ0v) is 12.1. The van der Waals surface area contributed by atoms with E-state index in [0.717, 1.165) is 31.4 Å². The fraction of sp³-hybridized carbons (Fsp3) is 0.500. The maximum atomic E-state index is 6.48. The van der Waals surface area contributed by atoms with Crippen LogP contribution in [0.3, 0.4) is 0 Å². The lowest BCUT2D eigenvalue weighted by Crippen LogP contribution is -2.37. The third kappa shape index (κ3) is 3.42. The van der Waals surface area contributed by atoms with Crippen molar-refractivity contribution in [2.45, 2.75) is 50.7 Å². The molecule has 0 aliphatic heterocycles. The van der Waals surface area contributed by atoms with E-state index in [1.165, 1.54) is 12.8 Å². The molecule has 0 saturated heterocycles. The SMILES string of the molecule is NC1(c2noc(COc3ccccc3)n2)CCCCCC1. The highest BCUT2D eigenvalue weighted by Gasteiger charge is 2.33. The lowest BCUT2D eigenvalue weighted by molar-refractivity contribution is 0.241. The fourth-order valence-electron chi connectivity index (χ4n) is 2.76. The quantitative estimate of drug-likeness (QED) is 0.874. The van der Waals surface area contributed by atoms with E-state index in [2.05, 4.69) is 10.1 Å². The second kappa shape index (κ2) is 6.26. The van der Waals surface area contributed by atoms with E-state index in [1.54, 1.807) is 0 Å². The molecule has 112 valence electrons. The summed E-state index contributed by atoms with van der Waals surface area (Å²) in [6.07, 6.45) is 6.57. The van der Waals surface area contributed by atoms with Crippen LogP contribution in [-0.2, 0) is 12.1 Å². The van der Waals surface area contributed by atoms with Crippen molar-refractivity contribution in [2.75, 3.05) is 0 Å². The van der Waals surface area contributed by atoms with Crippen molar-refractivity contribution in [1.29, 1.82) is 0 Å². The molecule has 21 heavy (non-hydrogen) atoms. The summed E-state index contributed by atoms with van der Waals surface area (Å²) in [5.74, 6) is 1.88. The number of aromatic nitrogens is 2. The van der Waals surface area contributed by atoms with Crippen molar-refractivity contribution in [3.8, 4) is 5.75 Å². The summed E-state index contributed by atoms with van der Waals surface area (Å²) in [6, 6.07) is 9.59. The molecule has 2 N–H and O–H groups in total. The molecule has 1 aromatic carbocycles. The van der Waals surface area contributed by atoms with Gasteiger partial charge in [0.15, 0.2) is 12.4 Å². The van der Waals surface area contributed by atoms with Crippen LogP contribution in [0.2, 0.25) is 0 Å². The van der Waals surface area contributed by atoms with E-state index < -0.39 is 5.54 Å². The molecule has 5 nitrogen and oxygen atoms in total. The monoisotopic (exact) mass is 287 g/mol. The predicted octanol–water partition coefficient (Wildman–Crippen LogP) is 3.16. The first-order valence-corrected chi connectivity index (χ1v) is 7.56. The van der Waals surface area contributed by atoms with Gasteiger partial charge in [0.05, 0.1) is 5.54 Å². The molecule has 1 heterocycles. The van der Waals surface area contributed by atoms with Crippen LogP contribution in [0, 0.1) is 0 Å². The van der Waals surface area contributed by atoms with Crippen LogP contribution in [0.4, 0.5) is 0 Å². The molecule has 0 bridgehead atoms. The molecule has 1 aliphatic carbocycles. The normalized spacial score (nSPS) is 18.1. The Bertz CT molecular complexity index is 560. The van der Waals surface area contributed by atoms with Gasteiger partial charge in [0.25, 0.3) is 5.89 Å². The summed E-state index contributed by atoms with van der Waals surface area (Å²) in [6.45, 7) is 0.271. The van der Waals surface area contributed by atoms with E-state index >= 15 is 0 Å². The molecule has 0 spiro atoms. The third-order valence-corrected chi connectivity index (χ3v) is 4.01. The lowest BCUT2D eigenvalue weighted by atomic mass is 9.91. The van der Waals surface area contributed by atoms with Crippen molar-refractivity contribution in [3.63, 3.8) is 0 Å². The Morgan fingerprint density at radius 1 is 1.10 bits per heavy atom. The fourth-order valence-corrected chi connectivity index (χ4v) is 2.76. The van der Waals surface area contributed by atoms with E-state index in [1.807, 2.05) is 30.3 Å². The Labute approximate surface area is 124 Å². The number of nitrogens with two attached hydrogens (primary N) is 1. The zero-order chi connectivity index (χ0) is 14.5. The largest absolute Gasteiger partial charge is 0.484 e. The smallest absolute Gasteiger partial charge is 0.264 e. The minimum atomic E-state index is -0.439. The number of hydrogen-bond donors (Lipinski definition) is 1. The zero-order valence-electron chi connectivity index (χ0n) is 12.1. The van der Waals surface area contributed by atoms with Crippen LogP contribution >= 0.6 is 0 Å². The number of ether oxygens (including phenoxy) is 1. The second-order valence-electron chi connectivity index (χ2n) is 5.68. The molecule has 1 aromatic heterocycles. The Morgan fingerprint density at radius 2 is 1.81 bits per heavy atom. The Morgan fingerprint density at radius 3 is 2.52 bits per heavy atom. The van der Waals surface area contributed by atoms with Gasteiger partial charge >= 0.3 is 0 Å². The topological polar surface area (TPSA) is 74.2 Å². The van der Waals surface area contributed by atoms with E-state index in [9.17, 15) is 0 Å². The first-order valence-electron chi connectivity index (χ1n) is 7.56. The molecule has 0 radical (unpaired) electrons. The van der Waals surface area contributed by atoms with E-state index in [4.69, 9.17) is 15.0 Å². The molecule has 1 aliphatic rings. The summed E-state index contributed by atoms with van der Waals surface area (Å²) in [5, 5.41) is 4.07. The van der Waals surface area contributed by atoms with Crippen molar-refractivity contribution in [3.05, 3.63) is 42.0 Å². The summed E-state index contributed by atoms with van der Waals surface area (Å²) >= 11 is 0. The van der Waals surface area contributed by atoms with Gasteiger partial charge in [-0.2, -0.15) is 4.98 Å². The molecular formula is C16H21N3O2. The van der Waals surface area contributed by atoms with Gasteiger partial charge in [-0.05, 0) is 25.0 Å². The molecule has 2 aromatic rings. The van der Waals surface area contributed by atoms with Crippen LogP contribution < -0.4 is 10.5 Å². The average molecular weight is 287 g/mol. The highest BCUT2D eigenvalue weighted by Crippen LogP contribution is 2.32. The predicted molar refractivity (Wildman–Crippen MR) is 78.6 cm³/mol. The standard InChI is InChI=1S/C16H21N3O2/c17-16(10-6-1-2-7-11-16)15-18-14(21-19-15)12-20-13-8-4-3-5-9-13/h3-5,8-9H,1-2,6-7,10-12,17H2. The molecule has 1 saturated carbocycles. The van der Waals surface area contributed by atoms with Crippen LogP contribution in [0.5, 0.6) is 5.75 Å². The minimum Gasteiger partial charge on any atom is -0.484 e. The minimum absolute atomic E-state index is 0.271. The maximum Gasteiger partial charge on any atom is 0.264 e. The lowest BCUT2D eigenvalue weighted by Gasteiger charge is -2.23. The van der Waals surface area contributed by atoms with Gasteiger partial charge in [-0.25, -0.2) is 0 Å². The van der Waals surface area contributed by atoms with Crippen molar-refractivity contribution >= 4 is 0 Å². The first-order chi connectivity index (χ1) is 10.3. The number of benzene rings is 1. The molecule has 0 atom stereocenters. The molecule has 5 heteroatoms. The van der Waals surface area contributed by atoms with Crippen molar-refractivity contribution in [2.24, 2.45) is 5.73 Å². The van der Waals surface area contributed by atoms with Crippen molar-refractivity contribution < 1.29 is 9.26 Å². The molecule has 0 amide bonds. The van der Waals surface area contributed by atoms with Crippen LogP contribution in [-0.4, -0.2) is 10.1 Å². The number of hydrogen-bond acceptors (Lipinski definition) is 5. The molecular weight excluding hydrogens is 266 g/mol. The highest BCUT2D eigenvalue weighted by molar-refractivity contribution is 5.21. The van der Waals surface area contributed by atoms with Gasteiger partial charge < -0.3 is 15.0 Å². The summed E-state index contributed by atoms with van der Waals surface area (Å²) < 4.78 is 10.9. The van der Waals surface area contributed by atoms with E-state index in [-0.39, 0.29) is 6.61 Å². The number of para-hydroxylation sites is 1. The van der Waals surface area contributed by atoms with Gasteiger partial charge in [0, 0.05) is 0 Å². The Balaban J connectivity index is 1.65. The third-order valence-electron chi connectivity index (χ3n) is 4.01. The molecule has 0 unspecified atom stereocenters. The van der Waals surface area contributed by atoms with Gasteiger partial charge in [-0.3, -0.25) is 0 Å². The van der Waals surface area contributed by atoms with Crippen LogP contribution in [0.25, 0.3) is 0 Å². The summed E-state index contributed by atoms with van der Waals surface area (Å²) in [7, 11) is 0. The summed E-state index contributed by atoms with van der Waals surface area (Å²) in [4.78, 5) is 4.43. The second-order valence-corrected chi connectivity index (χ2v) is 5.68. The van der Waals surface area contributed by atoms with Crippen molar-refractivity contribution in [1.82, 2.24) is 10.1 Å². The van der Waals surface area contributed by atoms with Gasteiger partial charge in [0.1, 0.15) is 5.75 Å². The Kier molecular flexibility index (Phi) is 4.20.